The quantitative estimate of drug-likeness (QED) is 0.659. The molecule has 0 radical (unpaired) electrons. The number of benzene rings is 2. The second-order valence-corrected chi connectivity index (χ2v) is 5.94. The van der Waals surface area contributed by atoms with Gasteiger partial charge in [0.2, 0.25) is 0 Å². The van der Waals surface area contributed by atoms with Gasteiger partial charge >= 0.3 is 6.18 Å². The SMILES string of the molecule is COc1cc(F)ccc1-n1cccc(C(=O)Nc2ccc(C(F)(F)F)cc2)c1=O. The van der Waals surface area contributed by atoms with Crippen LogP contribution in [0.3, 0.4) is 0 Å². The number of methoxy groups -OCH3 is 1. The third-order valence-electron chi connectivity index (χ3n) is 4.06. The number of hydrogen-bond donors (Lipinski definition) is 1. The van der Waals surface area contributed by atoms with Gasteiger partial charge in [0.05, 0.1) is 18.4 Å². The Morgan fingerprint density at radius 1 is 1.07 bits per heavy atom. The van der Waals surface area contributed by atoms with Gasteiger partial charge in [-0.2, -0.15) is 13.2 Å². The van der Waals surface area contributed by atoms with Crippen LogP contribution in [0, 0.1) is 5.82 Å². The first-order valence-electron chi connectivity index (χ1n) is 8.25. The van der Waals surface area contributed by atoms with Gasteiger partial charge in [-0.15, -0.1) is 0 Å². The van der Waals surface area contributed by atoms with E-state index in [9.17, 15) is 27.2 Å². The van der Waals surface area contributed by atoms with Crippen LogP contribution in [0.15, 0.2) is 65.6 Å². The molecule has 1 aromatic heterocycles. The molecule has 0 saturated carbocycles. The van der Waals surface area contributed by atoms with Gasteiger partial charge in [0.15, 0.2) is 0 Å². The number of anilines is 1. The van der Waals surface area contributed by atoms with E-state index < -0.39 is 29.0 Å². The van der Waals surface area contributed by atoms with Crippen molar-refractivity contribution in [3.05, 3.63) is 88.1 Å². The third-order valence-corrected chi connectivity index (χ3v) is 4.06. The molecule has 0 aliphatic carbocycles. The molecule has 1 heterocycles. The van der Waals surface area contributed by atoms with Crippen LogP contribution in [0.5, 0.6) is 5.75 Å². The molecule has 3 rings (SSSR count). The summed E-state index contributed by atoms with van der Waals surface area (Å²) in [5.74, 6) is -1.27. The molecule has 0 unspecified atom stereocenters. The number of carbonyl (C=O) groups excluding carboxylic acids is 1. The minimum absolute atomic E-state index is 0.0902. The van der Waals surface area contributed by atoms with Crippen molar-refractivity contribution >= 4 is 11.6 Å². The van der Waals surface area contributed by atoms with Crippen molar-refractivity contribution in [2.75, 3.05) is 12.4 Å². The van der Waals surface area contributed by atoms with Crippen LogP contribution in [0.25, 0.3) is 5.69 Å². The highest BCUT2D eigenvalue weighted by Gasteiger charge is 2.30. The fourth-order valence-electron chi connectivity index (χ4n) is 2.65. The van der Waals surface area contributed by atoms with Gasteiger partial charge in [0.1, 0.15) is 17.1 Å². The average molecular weight is 406 g/mol. The maximum atomic E-state index is 13.4. The molecule has 1 N–H and O–H groups in total. The lowest BCUT2D eigenvalue weighted by molar-refractivity contribution is -0.137. The smallest absolute Gasteiger partial charge is 0.416 e. The van der Waals surface area contributed by atoms with Crippen LogP contribution in [-0.2, 0) is 6.18 Å². The summed E-state index contributed by atoms with van der Waals surface area (Å²) in [5.41, 5.74) is -1.50. The van der Waals surface area contributed by atoms with Crippen molar-refractivity contribution in [3.63, 3.8) is 0 Å². The van der Waals surface area contributed by atoms with Crippen LogP contribution in [0.4, 0.5) is 23.2 Å². The lowest BCUT2D eigenvalue weighted by Crippen LogP contribution is -2.28. The summed E-state index contributed by atoms with van der Waals surface area (Å²) in [7, 11) is 1.31. The first-order valence-corrected chi connectivity index (χ1v) is 8.25. The zero-order valence-electron chi connectivity index (χ0n) is 15.0. The zero-order valence-corrected chi connectivity index (χ0v) is 15.0. The Bertz CT molecular complexity index is 1110. The largest absolute Gasteiger partial charge is 0.494 e. The van der Waals surface area contributed by atoms with E-state index in [1.165, 1.54) is 31.5 Å². The summed E-state index contributed by atoms with van der Waals surface area (Å²) >= 11 is 0. The van der Waals surface area contributed by atoms with E-state index in [0.717, 1.165) is 41.0 Å². The Morgan fingerprint density at radius 3 is 2.38 bits per heavy atom. The van der Waals surface area contributed by atoms with E-state index in [4.69, 9.17) is 4.74 Å². The molecular formula is C20H14F4N2O3. The standard InChI is InChI=1S/C20H14F4N2O3/c1-29-17-11-13(21)6-9-16(17)26-10-2-3-15(19(26)28)18(27)25-14-7-4-12(5-8-14)20(22,23)24/h2-11H,1H3,(H,25,27). The fourth-order valence-corrected chi connectivity index (χ4v) is 2.65. The molecule has 3 aromatic rings. The summed E-state index contributed by atoms with van der Waals surface area (Å²) in [4.78, 5) is 25.2. The van der Waals surface area contributed by atoms with E-state index in [0.29, 0.717) is 0 Å². The summed E-state index contributed by atoms with van der Waals surface area (Å²) in [5, 5.41) is 2.38. The normalized spacial score (nSPS) is 11.2. The number of hydrogen-bond acceptors (Lipinski definition) is 3. The molecule has 29 heavy (non-hydrogen) atoms. The van der Waals surface area contributed by atoms with Gasteiger partial charge in [-0.25, -0.2) is 4.39 Å². The van der Waals surface area contributed by atoms with Crippen molar-refractivity contribution in [1.82, 2.24) is 4.57 Å². The molecule has 1 amide bonds. The number of nitrogens with zero attached hydrogens (tertiary/aromatic N) is 1. The molecular weight excluding hydrogens is 392 g/mol. The van der Waals surface area contributed by atoms with Crippen LogP contribution < -0.4 is 15.6 Å². The average Bonchev–Trinajstić information content (AvgIpc) is 2.68. The topological polar surface area (TPSA) is 60.3 Å². The number of ether oxygens (including phenoxy) is 1. The number of nitrogens with one attached hydrogen (secondary N) is 1. The Hall–Kier alpha value is -3.62. The number of pyridine rings is 1. The minimum Gasteiger partial charge on any atom is -0.494 e. The second kappa shape index (κ2) is 7.78. The lowest BCUT2D eigenvalue weighted by Gasteiger charge is -2.12. The van der Waals surface area contributed by atoms with Crippen LogP contribution >= 0.6 is 0 Å². The molecule has 0 aliphatic heterocycles. The molecule has 0 spiro atoms. The Morgan fingerprint density at radius 2 is 1.76 bits per heavy atom. The van der Waals surface area contributed by atoms with E-state index >= 15 is 0 Å². The monoisotopic (exact) mass is 406 g/mol. The summed E-state index contributed by atoms with van der Waals surface area (Å²) in [6.45, 7) is 0. The molecule has 2 aromatic carbocycles. The molecule has 150 valence electrons. The Kier molecular flexibility index (Phi) is 5.40. The van der Waals surface area contributed by atoms with E-state index in [-0.39, 0.29) is 22.7 Å². The summed E-state index contributed by atoms with van der Waals surface area (Å²) in [6.07, 6.45) is -3.11. The lowest BCUT2D eigenvalue weighted by atomic mass is 10.2. The molecule has 0 atom stereocenters. The van der Waals surface area contributed by atoms with Crippen molar-refractivity contribution < 1.29 is 27.1 Å². The van der Waals surface area contributed by atoms with Gasteiger partial charge in [-0.05, 0) is 48.5 Å². The maximum absolute atomic E-state index is 13.4. The van der Waals surface area contributed by atoms with Crippen LogP contribution in [-0.4, -0.2) is 17.6 Å². The predicted octanol–water partition coefficient (Wildman–Crippen LogP) is 4.26. The fraction of sp³-hybridized carbons (Fsp3) is 0.100. The minimum atomic E-state index is -4.50. The van der Waals surface area contributed by atoms with Crippen LogP contribution in [0.1, 0.15) is 15.9 Å². The highest BCUT2D eigenvalue weighted by atomic mass is 19.4. The maximum Gasteiger partial charge on any atom is 0.416 e. The Balaban J connectivity index is 1.92. The number of alkyl halides is 3. The molecule has 0 aliphatic rings. The van der Waals surface area contributed by atoms with Crippen LogP contribution in [0.2, 0.25) is 0 Å². The van der Waals surface area contributed by atoms with E-state index in [1.807, 2.05) is 0 Å². The van der Waals surface area contributed by atoms with Gasteiger partial charge in [0, 0.05) is 18.0 Å². The molecule has 0 bridgehead atoms. The van der Waals surface area contributed by atoms with Gasteiger partial charge < -0.3 is 10.1 Å². The second-order valence-electron chi connectivity index (χ2n) is 5.94. The Labute approximate surface area is 162 Å². The number of rotatable bonds is 4. The highest BCUT2D eigenvalue weighted by Crippen LogP contribution is 2.30. The van der Waals surface area contributed by atoms with Crippen molar-refractivity contribution in [2.24, 2.45) is 0 Å². The number of carbonyl (C=O) groups is 1. The van der Waals surface area contributed by atoms with Gasteiger partial charge in [-0.1, -0.05) is 0 Å². The summed E-state index contributed by atoms with van der Waals surface area (Å²) < 4.78 is 57.5. The van der Waals surface area contributed by atoms with Crippen molar-refractivity contribution in [1.29, 1.82) is 0 Å². The summed E-state index contributed by atoms with van der Waals surface area (Å²) in [6, 6.07) is 10.1. The first kappa shape index (κ1) is 20.1. The molecule has 5 nitrogen and oxygen atoms in total. The predicted molar refractivity (Wildman–Crippen MR) is 97.9 cm³/mol. The molecule has 0 fully saturated rings. The molecule has 0 saturated heterocycles. The van der Waals surface area contributed by atoms with Gasteiger partial charge in [0.25, 0.3) is 11.5 Å². The number of halogens is 4. The van der Waals surface area contributed by atoms with Crippen molar-refractivity contribution in [3.8, 4) is 11.4 Å². The zero-order chi connectivity index (χ0) is 21.2. The third kappa shape index (κ3) is 4.29. The number of aromatic nitrogens is 1. The van der Waals surface area contributed by atoms with Gasteiger partial charge in [-0.3, -0.25) is 14.2 Å². The van der Waals surface area contributed by atoms with E-state index in [1.54, 1.807) is 0 Å². The highest BCUT2D eigenvalue weighted by molar-refractivity contribution is 6.04. The molecule has 9 heteroatoms. The van der Waals surface area contributed by atoms with E-state index in [2.05, 4.69) is 5.32 Å². The van der Waals surface area contributed by atoms with Crippen molar-refractivity contribution in [2.45, 2.75) is 6.18 Å². The number of amides is 1. The first-order chi connectivity index (χ1) is 13.7.